The maximum absolute atomic E-state index is 11.8. The van der Waals surface area contributed by atoms with Gasteiger partial charge >= 0.3 is 6.03 Å². The smallest absolute Gasteiger partial charge is 0.319 e. The Balaban J connectivity index is 1.84. The van der Waals surface area contributed by atoms with E-state index in [1.54, 1.807) is 19.2 Å². The molecule has 0 aliphatic heterocycles. The molecule has 0 unspecified atom stereocenters. The number of urea groups is 1. The zero-order valence-corrected chi connectivity index (χ0v) is 11.1. The Morgan fingerprint density at radius 2 is 2.16 bits per heavy atom. The van der Waals surface area contributed by atoms with E-state index in [1.165, 1.54) is 0 Å². The molecule has 1 saturated carbocycles. The van der Waals surface area contributed by atoms with Crippen molar-refractivity contribution in [2.75, 3.05) is 25.6 Å². The number of hydrogen-bond acceptors (Lipinski definition) is 3. The van der Waals surface area contributed by atoms with Gasteiger partial charge in [0.15, 0.2) is 0 Å². The van der Waals surface area contributed by atoms with Crippen LogP contribution in [0, 0.1) is 5.41 Å². The molecular formula is C14H20N2O3. The van der Waals surface area contributed by atoms with Gasteiger partial charge in [-0.15, -0.1) is 0 Å². The van der Waals surface area contributed by atoms with Crippen molar-refractivity contribution in [3.63, 3.8) is 0 Å². The molecule has 0 spiro atoms. The lowest BCUT2D eigenvalue weighted by molar-refractivity contribution is 0.234. The van der Waals surface area contributed by atoms with Crippen molar-refractivity contribution in [3.8, 4) is 5.75 Å². The summed E-state index contributed by atoms with van der Waals surface area (Å²) in [5, 5.41) is 14.6. The number of aliphatic hydroxyl groups is 1. The number of nitrogens with one attached hydrogen (secondary N) is 2. The van der Waals surface area contributed by atoms with Crippen LogP contribution in [0.15, 0.2) is 24.3 Å². The average molecular weight is 264 g/mol. The van der Waals surface area contributed by atoms with Crippen molar-refractivity contribution < 1.29 is 14.6 Å². The molecule has 0 saturated heterocycles. The van der Waals surface area contributed by atoms with E-state index in [1.807, 2.05) is 12.1 Å². The Kier molecular flexibility index (Phi) is 4.27. The summed E-state index contributed by atoms with van der Waals surface area (Å²) in [7, 11) is 1.57. The SMILES string of the molecule is COc1ccccc1NC(=O)NCC1(CCO)CC1. The number of carbonyl (C=O) groups excluding carboxylic acids is 1. The lowest BCUT2D eigenvalue weighted by Crippen LogP contribution is -2.34. The largest absolute Gasteiger partial charge is 0.495 e. The Hall–Kier alpha value is -1.75. The van der Waals surface area contributed by atoms with Crippen LogP contribution in [0.4, 0.5) is 10.5 Å². The fourth-order valence-electron chi connectivity index (χ4n) is 2.11. The summed E-state index contributed by atoms with van der Waals surface area (Å²) < 4.78 is 5.17. The Labute approximate surface area is 113 Å². The third-order valence-corrected chi connectivity index (χ3v) is 3.58. The highest BCUT2D eigenvalue weighted by Gasteiger charge is 2.41. The average Bonchev–Trinajstić information content (AvgIpc) is 3.18. The second kappa shape index (κ2) is 5.93. The van der Waals surface area contributed by atoms with Crippen LogP contribution in [-0.2, 0) is 0 Å². The minimum atomic E-state index is -0.242. The first kappa shape index (κ1) is 13.7. The number of anilines is 1. The zero-order valence-electron chi connectivity index (χ0n) is 11.1. The Morgan fingerprint density at radius 3 is 2.79 bits per heavy atom. The molecule has 1 aliphatic carbocycles. The summed E-state index contributed by atoms with van der Waals surface area (Å²) in [6, 6.07) is 7.03. The molecule has 104 valence electrons. The molecule has 2 rings (SSSR count). The molecule has 0 heterocycles. The normalized spacial score (nSPS) is 15.7. The molecule has 0 bridgehead atoms. The number of para-hydroxylation sites is 2. The molecule has 1 aromatic carbocycles. The van der Waals surface area contributed by atoms with Gasteiger partial charge < -0.3 is 20.5 Å². The highest BCUT2D eigenvalue weighted by molar-refractivity contribution is 5.90. The zero-order chi connectivity index (χ0) is 13.7. The molecular weight excluding hydrogens is 244 g/mol. The Morgan fingerprint density at radius 1 is 1.42 bits per heavy atom. The highest BCUT2D eigenvalue weighted by atomic mass is 16.5. The Bertz CT molecular complexity index is 444. The van der Waals surface area contributed by atoms with Crippen molar-refractivity contribution in [1.82, 2.24) is 5.32 Å². The number of carbonyl (C=O) groups is 1. The van der Waals surface area contributed by atoms with Crippen molar-refractivity contribution >= 4 is 11.7 Å². The van der Waals surface area contributed by atoms with Crippen molar-refractivity contribution in [1.29, 1.82) is 0 Å². The number of aliphatic hydroxyl groups excluding tert-OH is 1. The monoisotopic (exact) mass is 264 g/mol. The van der Waals surface area contributed by atoms with Crippen molar-refractivity contribution in [2.45, 2.75) is 19.3 Å². The fourth-order valence-corrected chi connectivity index (χ4v) is 2.11. The van der Waals surface area contributed by atoms with E-state index < -0.39 is 0 Å². The maximum atomic E-state index is 11.8. The first-order chi connectivity index (χ1) is 9.19. The first-order valence-corrected chi connectivity index (χ1v) is 6.48. The van der Waals surface area contributed by atoms with E-state index >= 15 is 0 Å². The van der Waals surface area contributed by atoms with E-state index in [0.717, 1.165) is 19.3 Å². The van der Waals surface area contributed by atoms with Gasteiger partial charge in [0.05, 0.1) is 12.8 Å². The summed E-state index contributed by atoms with van der Waals surface area (Å²) in [5.74, 6) is 0.633. The predicted molar refractivity (Wildman–Crippen MR) is 73.4 cm³/mol. The van der Waals surface area contributed by atoms with Gasteiger partial charge in [-0.1, -0.05) is 12.1 Å². The van der Waals surface area contributed by atoms with Crippen molar-refractivity contribution in [3.05, 3.63) is 24.3 Å². The van der Waals surface area contributed by atoms with Crippen LogP contribution in [0.1, 0.15) is 19.3 Å². The van der Waals surface area contributed by atoms with E-state index in [0.29, 0.717) is 18.0 Å². The molecule has 5 heteroatoms. The van der Waals surface area contributed by atoms with Crippen LogP contribution in [0.3, 0.4) is 0 Å². The maximum Gasteiger partial charge on any atom is 0.319 e. The number of ether oxygens (including phenoxy) is 1. The summed E-state index contributed by atoms with van der Waals surface area (Å²) in [5.41, 5.74) is 0.766. The minimum absolute atomic E-state index is 0.118. The van der Waals surface area contributed by atoms with Gasteiger partial charge in [-0.3, -0.25) is 0 Å². The quantitative estimate of drug-likeness (QED) is 0.735. The van der Waals surface area contributed by atoms with E-state index in [2.05, 4.69) is 10.6 Å². The van der Waals surface area contributed by atoms with E-state index in [4.69, 9.17) is 9.84 Å². The summed E-state index contributed by atoms with van der Waals surface area (Å²) in [6.07, 6.45) is 2.90. The van der Waals surface area contributed by atoms with Crippen LogP contribution in [0.25, 0.3) is 0 Å². The molecule has 3 N–H and O–H groups in total. The molecule has 1 aliphatic rings. The number of rotatable bonds is 6. The predicted octanol–water partition coefficient (Wildman–Crippen LogP) is 1.98. The molecule has 0 atom stereocenters. The third-order valence-electron chi connectivity index (χ3n) is 3.58. The summed E-state index contributed by atoms with van der Waals surface area (Å²) in [4.78, 5) is 11.8. The number of amides is 2. The van der Waals surface area contributed by atoms with Gasteiger partial charge in [0, 0.05) is 13.2 Å². The van der Waals surface area contributed by atoms with Gasteiger partial charge in [-0.05, 0) is 36.8 Å². The summed E-state index contributed by atoms with van der Waals surface area (Å²) >= 11 is 0. The van der Waals surface area contributed by atoms with E-state index in [-0.39, 0.29) is 18.1 Å². The van der Waals surface area contributed by atoms with Gasteiger partial charge in [-0.2, -0.15) is 0 Å². The highest BCUT2D eigenvalue weighted by Crippen LogP contribution is 2.47. The summed E-state index contributed by atoms with van der Waals surface area (Å²) in [6.45, 7) is 0.782. The molecule has 0 radical (unpaired) electrons. The van der Waals surface area contributed by atoms with Crippen LogP contribution in [-0.4, -0.2) is 31.4 Å². The minimum Gasteiger partial charge on any atom is -0.495 e. The topological polar surface area (TPSA) is 70.6 Å². The standard InChI is InChI=1S/C14H20N2O3/c1-19-12-5-3-2-4-11(12)16-13(18)15-10-14(6-7-14)8-9-17/h2-5,17H,6-10H2,1H3,(H2,15,16,18). The van der Waals surface area contributed by atoms with Crippen molar-refractivity contribution in [2.24, 2.45) is 5.41 Å². The van der Waals surface area contributed by atoms with Crippen LogP contribution in [0.2, 0.25) is 0 Å². The molecule has 0 aromatic heterocycles. The van der Waals surface area contributed by atoms with Crippen LogP contribution < -0.4 is 15.4 Å². The molecule has 19 heavy (non-hydrogen) atoms. The number of benzene rings is 1. The molecule has 1 fully saturated rings. The lowest BCUT2D eigenvalue weighted by Gasteiger charge is -2.15. The number of hydrogen-bond donors (Lipinski definition) is 3. The number of methoxy groups -OCH3 is 1. The lowest BCUT2D eigenvalue weighted by atomic mass is 10.0. The van der Waals surface area contributed by atoms with Gasteiger partial charge in [0.25, 0.3) is 0 Å². The third kappa shape index (κ3) is 3.61. The van der Waals surface area contributed by atoms with Gasteiger partial charge in [0.1, 0.15) is 5.75 Å². The molecule has 2 amide bonds. The van der Waals surface area contributed by atoms with E-state index in [9.17, 15) is 4.79 Å². The molecule has 1 aromatic rings. The van der Waals surface area contributed by atoms with Gasteiger partial charge in [-0.25, -0.2) is 4.79 Å². The van der Waals surface area contributed by atoms with Crippen LogP contribution in [0.5, 0.6) is 5.75 Å². The molecule has 5 nitrogen and oxygen atoms in total. The van der Waals surface area contributed by atoms with Crippen LogP contribution >= 0.6 is 0 Å². The second-order valence-corrected chi connectivity index (χ2v) is 4.98. The fraction of sp³-hybridized carbons (Fsp3) is 0.500. The first-order valence-electron chi connectivity index (χ1n) is 6.48. The second-order valence-electron chi connectivity index (χ2n) is 4.98. The van der Waals surface area contributed by atoms with Gasteiger partial charge in [0.2, 0.25) is 0 Å².